The second-order valence-electron chi connectivity index (χ2n) is 4.77. The first-order valence-corrected chi connectivity index (χ1v) is 6.85. The van der Waals surface area contributed by atoms with Gasteiger partial charge in [-0.1, -0.05) is 25.1 Å². The van der Waals surface area contributed by atoms with Gasteiger partial charge in [-0.25, -0.2) is 0 Å². The Kier molecular flexibility index (Phi) is 4.71. The predicted molar refractivity (Wildman–Crippen MR) is 77.8 cm³/mol. The maximum atomic E-state index is 4.41. The van der Waals surface area contributed by atoms with E-state index in [9.17, 15) is 0 Å². The minimum Gasteiger partial charge on any atom is -0.317 e. The number of pyridine rings is 1. The van der Waals surface area contributed by atoms with Crippen LogP contribution in [0.25, 0.3) is 10.9 Å². The fourth-order valence-electron chi connectivity index (χ4n) is 2.46. The fourth-order valence-corrected chi connectivity index (χ4v) is 2.46. The fraction of sp³-hybridized carbons (Fsp3) is 0.438. The molecule has 1 N–H and O–H groups in total. The number of hydrogen-bond donors (Lipinski definition) is 1. The zero-order chi connectivity index (χ0) is 12.8. The molecular weight excluding hydrogens is 220 g/mol. The molecule has 0 amide bonds. The number of nitrogens with zero attached hydrogens (tertiary/aromatic N) is 1. The number of aryl methyl sites for hydroxylation is 1. The van der Waals surface area contributed by atoms with Crippen molar-refractivity contribution >= 4 is 10.9 Å². The van der Waals surface area contributed by atoms with E-state index in [2.05, 4.69) is 48.5 Å². The van der Waals surface area contributed by atoms with Crippen LogP contribution in [0.15, 0.2) is 36.5 Å². The van der Waals surface area contributed by atoms with E-state index in [4.69, 9.17) is 0 Å². The summed E-state index contributed by atoms with van der Waals surface area (Å²) in [7, 11) is 2.05. The first-order chi connectivity index (χ1) is 8.85. The van der Waals surface area contributed by atoms with Crippen LogP contribution in [0.2, 0.25) is 0 Å². The molecule has 1 heterocycles. The van der Waals surface area contributed by atoms with Crippen molar-refractivity contribution in [3.8, 4) is 0 Å². The maximum absolute atomic E-state index is 4.41. The second kappa shape index (κ2) is 6.50. The molecule has 0 radical (unpaired) electrons. The normalized spacial score (nSPS) is 12.8. The minimum absolute atomic E-state index is 0.651. The van der Waals surface area contributed by atoms with E-state index in [0.29, 0.717) is 6.04 Å². The number of nitrogens with one attached hydrogen (secondary N) is 1. The minimum atomic E-state index is 0.651. The van der Waals surface area contributed by atoms with Crippen LogP contribution in [0.3, 0.4) is 0 Å². The number of hydrogen-bond acceptors (Lipinski definition) is 2. The first-order valence-electron chi connectivity index (χ1n) is 6.85. The summed E-state index contributed by atoms with van der Waals surface area (Å²) in [6, 6.07) is 11.2. The van der Waals surface area contributed by atoms with Crippen molar-refractivity contribution < 1.29 is 0 Å². The zero-order valence-corrected chi connectivity index (χ0v) is 11.3. The van der Waals surface area contributed by atoms with Crippen LogP contribution in [0.4, 0.5) is 0 Å². The van der Waals surface area contributed by atoms with Crippen molar-refractivity contribution in [2.75, 3.05) is 7.05 Å². The van der Waals surface area contributed by atoms with Crippen LogP contribution in [0.1, 0.15) is 31.7 Å². The third-order valence-corrected chi connectivity index (χ3v) is 3.64. The highest BCUT2D eigenvalue weighted by atomic mass is 14.9. The molecule has 1 aromatic carbocycles. The number of fused-ring (bicyclic) bond motifs is 1. The van der Waals surface area contributed by atoms with Crippen molar-refractivity contribution in [3.05, 3.63) is 42.1 Å². The van der Waals surface area contributed by atoms with Crippen molar-refractivity contribution in [3.63, 3.8) is 0 Å². The molecule has 2 rings (SSSR count). The summed E-state index contributed by atoms with van der Waals surface area (Å²) in [6.07, 6.45) is 6.73. The van der Waals surface area contributed by atoms with E-state index < -0.39 is 0 Å². The smallest absolute Gasteiger partial charge is 0.0704 e. The zero-order valence-electron chi connectivity index (χ0n) is 11.3. The Morgan fingerprint density at radius 2 is 2.06 bits per heavy atom. The summed E-state index contributed by atoms with van der Waals surface area (Å²) < 4.78 is 0. The van der Waals surface area contributed by atoms with Gasteiger partial charge in [0.2, 0.25) is 0 Å². The van der Waals surface area contributed by atoms with Gasteiger partial charge in [0, 0.05) is 17.6 Å². The highest BCUT2D eigenvalue weighted by Gasteiger charge is 2.04. The Balaban J connectivity index is 2.03. The second-order valence-corrected chi connectivity index (χ2v) is 4.77. The lowest BCUT2D eigenvalue weighted by molar-refractivity contribution is 0.492. The van der Waals surface area contributed by atoms with E-state index in [-0.39, 0.29) is 0 Å². The number of para-hydroxylation sites is 1. The van der Waals surface area contributed by atoms with Crippen molar-refractivity contribution in [1.29, 1.82) is 0 Å². The van der Waals surface area contributed by atoms with Crippen LogP contribution < -0.4 is 5.32 Å². The van der Waals surface area contributed by atoms with Gasteiger partial charge in [0.05, 0.1) is 5.52 Å². The third kappa shape index (κ3) is 3.08. The van der Waals surface area contributed by atoms with Gasteiger partial charge in [0.1, 0.15) is 0 Å². The SMILES string of the molecule is CCC(CCCc1ccnc2ccccc12)NC. The van der Waals surface area contributed by atoms with Gasteiger partial charge < -0.3 is 5.32 Å². The van der Waals surface area contributed by atoms with E-state index >= 15 is 0 Å². The van der Waals surface area contributed by atoms with Gasteiger partial charge in [-0.15, -0.1) is 0 Å². The van der Waals surface area contributed by atoms with Gasteiger partial charge in [-0.3, -0.25) is 4.98 Å². The number of benzene rings is 1. The summed E-state index contributed by atoms with van der Waals surface area (Å²) >= 11 is 0. The maximum Gasteiger partial charge on any atom is 0.0704 e. The van der Waals surface area contributed by atoms with Crippen LogP contribution in [-0.2, 0) is 6.42 Å². The lowest BCUT2D eigenvalue weighted by Gasteiger charge is -2.13. The van der Waals surface area contributed by atoms with Gasteiger partial charge in [-0.2, -0.15) is 0 Å². The Hall–Kier alpha value is -1.41. The molecule has 96 valence electrons. The molecule has 18 heavy (non-hydrogen) atoms. The molecule has 1 aromatic heterocycles. The summed E-state index contributed by atoms with van der Waals surface area (Å²) in [5.74, 6) is 0. The van der Waals surface area contributed by atoms with E-state index in [0.717, 1.165) is 11.9 Å². The van der Waals surface area contributed by atoms with Gasteiger partial charge in [-0.05, 0) is 50.4 Å². The molecule has 2 aromatic rings. The molecule has 0 saturated heterocycles. The van der Waals surface area contributed by atoms with Crippen LogP contribution in [0, 0.1) is 0 Å². The average molecular weight is 242 g/mol. The average Bonchev–Trinajstić information content (AvgIpc) is 2.44. The Morgan fingerprint density at radius 1 is 1.22 bits per heavy atom. The standard InChI is InChI=1S/C16H22N2/c1-3-14(17-2)8-6-7-13-11-12-18-16-10-5-4-9-15(13)16/h4-5,9-12,14,17H,3,6-8H2,1-2H3. The molecule has 0 bridgehead atoms. The van der Waals surface area contributed by atoms with Crippen molar-refractivity contribution in [2.45, 2.75) is 38.6 Å². The molecular formula is C16H22N2. The summed E-state index contributed by atoms with van der Waals surface area (Å²) in [5, 5.41) is 4.67. The molecule has 2 nitrogen and oxygen atoms in total. The molecule has 2 heteroatoms. The lowest BCUT2D eigenvalue weighted by atomic mass is 10.0. The van der Waals surface area contributed by atoms with Crippen LogP contribution >= 0.6 is 0 Å². The third-order valence-electron chi connectivity index (χ3n) is 3.64. The highest BCUT2D eigenvalue weighted by Crippen LogP contribution is 2.18. The van der Waals surface area contributed by atoms with E-state index in [1.54, 1.807) is 0 Å². The molecule has 0 aliphatic carbocycles. The number of aromatic nitrogens is 1. The summed E-state index contributed by atoms with van der Waals surface area (Å²) in [5.41, 5.74) is 2.53. The first kappa shape index (κ1) is 13.0. The van der Waals surface area contributed by atoms with Crippen molar-refractivity contribution in [2.24, 2.45) is 0 Å². The summed E-state index contributed by atoms with van der Waals surface area (Å²) in [4.78, 5) is 4.41. The molecule has 0 aliphatic rings. The van der Waals surface area contributed by atoms with Crippen LogP contribution in [-0.4, -0.2) is 18.1 Å². The Morgan fingerprint density at radius 3 is 2.83 bits per heavy atom. The number of rotatable bonds is 6. The van der Waals surface area contributed by atoms with Gasteiger partial charge >= 0.3 is 0 Å². The monoisotopic (exact) mass is 242 g/mol. The molecule has 1 unspecified atom stereocenters. The van der Waals surface area contributed by atoms with Gasteiger partial charge in [0.15, 0.2) is 0 Å². The largest absolute Gasteiger partial charge is 0.317 e. The van der Waals surface area contributed by atoms with Gasteiger partial charge in [0.25, 0.3) is 0 Å². The van der Waals surface area contributed by atoms with E-state index in [1.165, 1.54) is 30.2 Å². The molecule has 1 atom stereocenters. The topological polar surface area (TPSA) is 24.9 Å². The van der Waals surface area contributed by atoms with Crippen molar-refractivity contribution in [1.82, 2.24) is 10.3 Å². The molecule has 0 spiro atoms. The molecule has 0 aliphatic heterocycles. The summed E-state index contributed by atoms with van der Waals surface area (Å²) in [6.45, 7) is 2.24. The van der Waals surface area contributed by atoms with Crippen LogP contribution in [0.5, 0.6) is 0 Å². The van der Waals surface area contributed by atoms with E-state index in [1.807, 2.05) is 12.3 Å². The Bertz CT molecular complexity index is 484. The molecule has 0 fully saturated rings. The highest BCUT2D eigenvalue weighted by molar-refractivity contribution is 5.81. The lowest BCUT2D eigenvalue weighted by Crippen LogP contribution is -2.23. The Labute approximate surface area is 109 Å². The quantitative estimate of drug-likeness (QED) is 0.838. The molecule has 0 saturated carbocycles. The predicted octanol–water partition coefficient (Wildman–Crippen LogP) is 3.56.